The van der Waals surface area contributed by atoms with Crippen LogP contribution < -0.4 is 0 Å². The lowest BCUT2D eigenvalue weighted by Gasteiger charge is -1.92. The number of rotatable bonds is 1. The van der Waals surface area contributed by atoms with Crippen LogP contribution >= 0.6 is 23.1 Å². The zero-order valence-electron chi connectivity index (χ0n) is 5.94. The summed E-state index contributed by atoms with van der Waals surface area (Å²) in [6, 6.07) is 1.89. The third-order valence-electron chi connectivity index (χ3n) is 1.32. The third-order valence-corrected chi connectivity index (χ3v) is 2.08. The highest BCUT2D eigenvalue weighted by molar-refractivity contribution is 7.03. The van der Waals surface area contributed by atoms with Crippen molar-refractivity contribution < 1.29 is 0 Å². The molecule has 2 rings (SSSR count). The molecule has 0 spiro atoms. The second-order valence-corrected chi connectivity index (χ2v) is 3.16. The molecule has 0 saturated carbocycles. The molecule has 0 amide bonds. The van der Waals surface area contributed by atoms with Gasteiger partial charge in [-0.25, -0.2) is 9.97 Å². The Labute approximate surface area is 78.2 Å². The predicted octanol–water partition coefficient (Wildman–Crippen LogP) is 2.25. The van der Waals surface area contributed by atoms with E-state index in [0.29, 0.717) is 5.15 Å². The van der Waals surface area contributed by atoms with E-state index in [4.69, 9.17) is 11.6 Å². The Morgan fingerprint density at radius 2 is 2.08 bits per heavy atom. The predicted molar refractivity (Wildman–Crippen MR) is 48.2 cm³/mol. The van der Waals surface area contributed by atoms with Crippen molar-refractivity contribution in [1.29, 1.82) is 0 Å². The molecule has 0 unspecified atom stereocenters. The van der Waals surface area contributed by atoms with Crippen LogP contribution in [0.5, 0.6) is 0 Å². The number of hydrogen-bond donors (Lipinski definition) is 0. The Kier molecular flexibility index (Phi) is 2.01. The van der Waals surface area contributed by atoms with Crippen molar-refractivity contribution in [3.8, 4) is 11.4 Å². The lowest BCUT2D eigenvalue weighted by molar-refractivity contribution is 1.20. The smallest absolute Gasteiger partial charge is 0.147 e. The van der Waals surface area contributed by atoms with E-state index in [1.165, 1.54) is 17.7 Å². The Balaban J connectivity index is 2.43. The average molecular weight is 198 g/mol. The fourth-order valence-corrected chi connectivity index (χ4v) is 1.41. The Hall–Kier alpha value is -1.00. The molecule has 0 saturated heterocycles. The molecule has 0 aliphatic heterocycles. The van der Waals surface area contributed by atoms with Gasteiger partial charge in [0.25, 0.3) is 0 Å². The third kappa shape index (κ3) is 1.44. The summed E-state index contributed by atoms with van der Waals surface area (Å²) in [7, 11) is 0. The Bertz CT molecular complexity index is 357. The highest BCUT2D eigenvalue weighted by Gasteiger charge is 2.00. The van der Waals surface area contributed by atoms with Gasteiger partial charge in [-0.3, -0.25) is 0 Å². The molecule has 12 heavy (non-hydrogen) atoms. The van der Waals surface area contributed by atoms with Crippen molar-refractivity contribution in [3.05, 3.63) is 29.0 Å². The van der Waals surface area contributed by atoms with Crippen LogP contribution in [-0.2, 0) is 0 Å². The van der Waals surface area contributed by atoms with Crippen LogP contribution in [0, 0.1) is 0 Å². The first-order chi connectivity index (χ1) is 5.86. The molecule has 0 bridgehead atoms. The first-order valence-electron chi connectivity index (χ1n) is 3.24. The van der Waals surface area contributed by atoms with Gasteiger partial charge in [0.05, 0.1) is 12.4 Å². The van der Waals surface area contributed by atoms with Crippen molar-refractivity contribution in [3.63, 3.8) is 0 Å². The Morgan fingerprint density at radius 1 is 1.17 bits per heavy atom. The molecule has 3 nitrogen and oxygen atoms in total. The normalized spacial score (nSPS) is 10.1. The van der Waals surface area contributed by atoms with Gasteiger partial charge in [-0.2, -0.15) is 4.37 Å². The Morgan fingerprint density at radius 3 is 2.67 bits per heavy atom. The molecule has 0 fully saturated rings. The van der Waals surface area contributed by atoms with Gasteiger partial charge in [-0.15, -0.1) is 0 Å². The fraction of sp³-hybridized carbons (Fsp3) is 0. The summed E-state index contributed by atoms with van der Waals surface area (Å²) in [6.07, 6.45) is 3.12. The highest BCUT2D eigenvalue weighted by atomic mass is 35.5. The van der Waals surface area contributed by atoms with Crippen LogP contribution in [0.15, 0.2) is 23.8 Å². The lowest BCUT2D eigenvalue weighted by atomic mass is 10.3. The maximum Gasteiger partial charge on any atom is 0.147 e. The number of halogens is 1. The van der Waals surface area contributed by atoms with Gasteiger partial charge in [0.15, 0.2) is 0 Å². The first kappa shape index (κ1) is 7.64. The van der Waals surface area contributed by atoms with Crippen LogP contribution in [0.4, 0.5) is 0 Å². The summed E-state index contributed by atoms with van der Waals surface area (Å²) in [5.41, 5.74) is 1.59. The van der Waals surface area contributed by atoms with Crippen molar-refractivity contribution in [1.82, 2.24) is 14.3 Å². The van der Waals surface area contributed by atoms with E-state index in [0.717, 1.165) is 11.4 Å². The van der Waals surface area contributed by atoms with Crippen molar-refractivity contribution in [2.24, 2.45) is 0 Å². The average Bonchev–Trinajstić information content (AvgIpc) is 2.58. The summed E-state index contributed by atoms with van der Waals surface area (Å²) in [4.78, 5) is 7.97. The molecule has 60 valence electrons. The van der Waals surface area contributed by atoms with E-state index in [2.05, 4.69) is 14.3 Å². The van der Waals surface area contributed by atoms with E-state index >= 15 is 0 Å². The molecule has 0 aliphatic carbocycles. The second kappa shape index (κ2) is 3.16. The molecule has 2 aromatic heterocycles. The molecule has 0 aliphatic rings. The zero-order valence-corrected chi connectivity index (χ0v) is 7.51. The minimum Gasteiger partial charge on any atom is -0.250 e. The van der Waals surface area contributed by atoms with Crippen LogP contribution in [0.3, 0.4) is 0 Å². The van der Waals surface area contributed by atoms with Gasteiger partial charge in [0.2, 0.25) is 0 Å². The van der Waals surface area contributed by atoms with Crippen molar-refractivity contribution >= 4 is 23.1 Å². The molecule has 2 heterocycles. The first-order valence-corrected chi connectivity index (χ1v) is 4.46. The van der Waals surface area contributed by atoms with Crippen LogP contribution in [0.2, 0.25) is 5.15 Å². The van der Waals surface area contributed by atoms with Crippen LogP contribution in [-0.4, -0.2) is 14.3 Å². The summed E-state index contributed by atoms with van der Waals surface area (Å²) in [5.74, 6) is 0. The molecule has 0 atom stereocenters. The highest BCUT2D eigenvalue weighted by Crippen LogP contribution is 2.15. The van der Waals surface area contributed by atoms with Crippen molar-refractivity contribution in [2.75, 3.05) is 0 Å². The zero-order chi connectivity index (χ0) is 8.39. The lowest BCUT2D eigenvalue weighted by Crippen LogP contribution is -1.84. The fourth-order valence-electron chi connectivity index (χ4n) is 0.789. The van der Waals surface area contributed by atoms with Gasteiger partial charge >= 0.3 is 0 Å². The van der Waals surface area contributed by atoms with Gasteiger partial charge in [-0.05, 0) is 17.6 Å². The molecule has 5 heteroatoms. The second-order valence-electron chi connectivity index (χ2n) is 2.11. The monoisotopic (exact) mass is 197 g/mol. The van der Waals surface area contributed by atoms with Crippen LogP contribution in [0.1, 0.15) is 0 Å². The summed E-state index contributed by atoms with van der Waals surface area (Å²) in [6.45, 7) is 0. The van der Waals surface area contributed by atoms with Crippen LogP contribution in [0.25, 0.3) is 11.4 Å². The maximum atomic E-state index is 5.58. The molecular formula is C7H4ClN3S. The molecular weight excluding hydrogens is 194 g/mol. The molecule has 0 aromatic carbocycles. The SMILES string of the molecule is Clc1cnc(-c2ccsn2)cn1. The topological polar surface area (TPSA) is 38.7 Å². The van der Waals surface area contributed by atoms with Gasteiger partial charge < -0.3 is 0 Å². The van der Waals surface area contributed by atoms with E-state index < -0.39 is 0 Å². The van der Waals surface area contributed by atoms with Crippen molar-refractivity contribution in [2.45, 2.75) is 0 Å². The largest absolute Gasteiger partial charge is 0.250 e. The molecule has 2 aromatic rings. The van der Waals surface area contributed by atoms with E-state index in [9.17, 15) is 0 Å². The van der Waals surface area contributed by atoms with E-state index in [-0.39, 0.29) is 0 Å². The minimum atomic E-state index is 0.397. The maximum absolute atomic E-state index is 5.58. The quantitative estimate of drug-likeness (QED) is 0.704. The number of aromatic nitrogens is 3. The van der Waals surface area contributed by atoms with E-state index in [1.807, 2.05) is 11.4 Å². The van der Waals surface area contributed by atoms with E-state index in [1.54, 1.807) is 6.20 Å². The summed E-state index contributed by atoms with van der Waals surface area (Å²) >= 11 is 6.97. The standard InChI is InChI=1S/C7H4ClN3S/c8-7-4-9-6(3-10-7)5-1-2-12-11-5/h1-4H. The number of nitrogens with zero attached hydrogens (tertiary/aromatic N) is 3. The van der Waals surface area contributed by atoms with Gasteiger partial charge in [0, 0.05) is 5.38 Å². The molecule has 0 N–H and O–H groups in total. The number of hydrogen-bond acceptors (Lipinski definition) is 4. The summed E-state index contributed by atoms with van der Waals surface area (Å²) < 4.78 is 4.11. The molecule has 0 radical (unpaired) electrons. The minimum absolute atomic E-state index is 0.397. The van der Waals surface area contributed by atoms with Gasteiger partial charge in [0.1, 0.15) is 16.5 Å². The van der Waals surface area contributed by atoms with Gasteiger partial charge in [-0.1, -0.05) is 11.6 Å². The summed E-state index contributed by atoms with van der Waals surface area (Å²) in [5, 5.41) is 2.29.